The van der Waals surface area contributed by atoms with E-state index in [0.717, 1.165) is 31.3 Å². The fourth-order valence-corrected chi connectivity index (χ4v) is 3.55. The van der Waals surface area contributed by atoms with E-state index in [2.05, 4.69) is 83.1 Å². The topological polar surface area (TPSA) is 63.3 Å². The SMILES string of the molecule is CCNC(=NCc1cccc(Cn2ccnc2)c1)N(C)Cc1cn(C)nc1C(C)C. The number of aryl methyl sites for hydroxylation is 1. The van der Waals surface area contributed by atoms with Crippen molar-refractivity contribution >= 4 is 5.96 Å². The highest BCUT2D eigenvalue weighted by Gasteiger charge is 2.15. The smallest absolute Gasteiger partial charge is 0.194 e. The van der Waals surface area contributed by atoms with Gasteiger partial charge in [-0.1, -0.05) is 38.1 Å². The van der Waals surface area contributed by atoms with Gasteiger partial charge in [-0.2, -0.15) is 5.10 Å². The highest BCUT2D eigenvalue weighted by molar-refractivity contribution is 5.79. The summed E-state index contributed by atoms with van der Waals surface area (Å²) in [4.78, 5) is 11.2. The minimum absolute atomic E-state index is 0.396. The Morgan fingerprint density at radius 3 is 2.77 bits per heavy atom. The third-order valence-electron chi connectivity index (χ3n) is 4.92. The molecule has 1 N–H and O–H groups in total. The Bertz CT molecular complexity index is 954. The van der Waals surface area contributed by atoms with Gasteiger partial charge in [0.25, 0.3) is 0 Å². The Morgan fingerprint density at radius 2 is 2.07 bits per heavy atom. The summed E-state index contributed by atoms with van der Waals surface area (Å²) in [6.07, 6.45) is 7.73. The van der Waals surface area contributed by atoms with Crippen molar-refractivity contribution in [3.05, 3.63) is 71.6 Å². The van der Waals surface area contributed by atoms with E-state index in [-0.39, 0.29) is 0 Å². The van der Waals surface area contributed by atoms with Crippen molar-refractivity contribution in [2.24, 2.45) is 12.0 Å². The van der Waals surface area contributed by atoms with Gasteiger partial charge in [0.15, 0.2) is 5.96 Å². The molecule has 0 atom stereocenters. The molecule has 2 aromatic heterocycles. The average Bonchev–Trinajstić information content (AvgIpc) is 3.34. The first-order chi connectivity index (χ1) is 14.5. The van der Waals surface area contributed by atoms with Crippen LogP contribution in [0.5, 0.6) is 0 Å². The van der Waals surface area contributed by atoms with Gasteiger partial charge in [-0.05, 0) is 24.0 Å². The maximum atomic E-state index is 4.88. The number of hydrogen-bond acceptors (Lipinski definition) is 3. The molecule has 30 heavy (non-hydrogen) atoms. The summed E-state index contributed by atoms with van der Waals surface area (Å²) in [5, 5.41) is 8.04. The lowest BCUT2D eigenvalue weighted by Gasteiger charge is -2.22. The van der Waals surface area contributed by atoms with E-state index in [1.807, 2.05) is 24.3 Å². The molecule has 7 nitrogen and oxygen atoms in total. The van der Waals surface area contributed by atoms with Gasteiger partial charge < -0.3 is 14.8 Å². The fourth-order valence-electron chi connectivity index (χ4n) is 3.55. The molecule has 3 rings (SSSR count). The molecular weight excluding hydrogens is 374 g/mol. The predicted octanol–water partition coefficient (Wildman–Crippen LogP) is 3.39. The molecule has 1 aromatic carbocycles. The van der Waals surface area contributed by atoms with Crippen LogP contribution >= 0.6 is 0 Å². The van der Waals surface area contributed by atoms with Crippen molar-refractivity contribution in [3.8, 4) is 0 Å². The molecule has 0 fully saturated rings. The van der Waals surface area contributed by atoms with Crippen molar-refractivity contribution in [2.75, 3.05) is 13.6 Å². The van der Waals surface area contributed by atoms with E-state index in [9.17, 15) is 0 Å². The second-order valence-corrected chi connectivity index (χ2v) is 7.95. The van der Waals surface area contributed by atoms with Crippen molar-refractivity contribution < 1.29 is 0 Å². The fraction of sp³-hybridized carbons (Fsp3) is 0.435. The summed E-state index contributed by atoms with van der Waals surface area (Å²) in [7, 11) is 4.06. The molecule has 0 aliphatic heterocycles. The molecule has 0 saturated carbocycles. The van der Waals surface area contributed by atoms with Gasteiger partial charge in [0.2, 0.25) is 0 Å². The number of hydrogen-bond donors (Lipinski definition) is 1. The molecule has 7 heteroatoms. The quantitative estimate of drug-likeness (QED) is 0.459. The Morgan fingerprint density at radius 1 is 1.27 bits per heavy atom. The number of nitrogens with zero attached hydrogens (tertiary/aromatic N) is 6. The molecule has 0 radical (unpaired) electrons. The number of nitrogens with one attached hydrogen (secondary N) is 1. The Labute approximate surface area is 179 Å². The van der Waals surface area contributed by atoms with Crippen molar-refractivity contribution in [1.29, 1.82) is 0 Å². The maximum Gasteiger partial charge on any atom is 0.194 e. The largest absolute Gasteiger partial charge is 0.357 e. The van der Waals surface area contributed by atoms with Crippen LogP contribution in [-0.2, 0) is 26.7 Å². The molecular formula is C23H33N7. The van der Waals surface area contributed by atoms with Crippen LogP contribution in [0.2, 0.25) is 0 Å². The van der Waals surface area contributed by atoms with Gasteiger partial charge in [0.1, 0.15) is 0 Å². The molecule has 0 aliphatic rings. The number of aliphatic imine (C=N–C) groups is 1. The van der Waals surface area contributed by atoms with E-state index in [0.29, 0.717) is 12.5 Å². The third-order valence-corrected chi connectivity index (χ3v) is 4.92. The average molecular weight is 408 g/mol. The zero-order chi connectivity index (χ0) is 21.5. The van der Waals surface area contributed by atoms with Gasteiger partial charge in [0.05, 0.1) is 18.6 Å². The maximum absolute atomic E-state index is 4.88. The van der Waals surface area contributed by atoms with Crippen LogP contribution in [-0.4, -0.2) is 43.8 Å². The van der Waals surface area contributed by atoms with Gasteiger partial charge in [-0.15, -0.1) is 0 Å². The second-order valence-electron chi connectivity index (χ2n) is 7.95. The predicted molar refractivity (Wildman–Crippen MR) is 121 cm³/mol. The van der Waals surface area contributed by atoms with E-state index < -0.39 is 0 Å². The summed E-state index contributed by atoms with van der Waals surface area (Å²) in [6, 6.07) is 8.58. The molecule has 160 valence electrons. The Balaban J connectivity index is 1.71. The first-order valence-electron chi connectivity index (χ1n) is 10.5. The first-order valence-corrected chi connectivity index (χ1v) is 10.5. The summed E-state index contributed by atoms with van der Waals surface area (Å²) < 4.78 is 3.97. The molecule has 0 unspecified atom stereocenters. The second kappa shape index (κ2) is 10.1. The Hall–Kier alpha value is -3.09. The normalized spacial score (nSPS) is 11.9. The minimum Gasteiger partial charge on any atom is -0.357 e. The lowest BCUT2D eigenvalue weighted by molar-refractivity contribution is 0.473. The van der Waals surface area contributed by atoms with Gasteiger partial charge in [-0.25, -0.2) is 9.98 Å². The van der Waals surface area contributed by atoms with E-state index >= 15 is 0 Å². The van der Waals surface area contributed by atoms with Crippen molar-refractivity contribution in [2.45, 2.75) is 46.3 Å². The lowest BCUT2D eigenvalue weighted by atomic mass is 10.1. The summed E-state index contributed by atoms with van der Waals surface area (Å²) in [5.41, 5.74) is 4.83. The summed E-state index contributed by atoms with van der Waals surface area (Å²) in [5.74, 6) is 1.29. The number of imidazole rings is 1. The van der Waals surface area contributed by atoms with Crippen LogP contribution in [0, 0.1) is 0 Å². The van der Waals surface area contributed by atoms with E-state index in [4.69, 9.17) is 4.99 Å². The number of guanidine groups is 1. The molecule has 0 amide bonds. The molecule has 0 aliphatic carbocycles. The zero-order valence-corrected chi connectivity index (χ0v) is 18.7. The van der Waals surface area contributed by atoms with Crippen LogP contribution in [0.25, 0.3) is 0 Å². The minimum atomic E-state index is 0.396. The summed E-state index contributed by atoms with van der Waals surface area (Å²) >= 11 is 0. The Kier molecular flexibility index (Phi) is 7.27. The highest BCUT2D eigenvalue weighted by Crippen LogP contribution is 2.18. The monoisotopic (exact) mass is 407 g/mol. The molecule has 0 saturated heterocycles. The van der Waals surface area contributed by atoms with Crippen LogP contribution in [0.1, 0.15) is 49.1 Å². The van der Waals surface area contributed by atoms with Crippen LogP contribution in [0.15, 0.2) is 54.2 Å². The molecule has 3 aromatic rings. The van der Waals surface area contributed by atoms with Gasteiger partial charge >= 0.3 is 0 Å². The standard InChI is InChI=1S/C23H33N7/c1-6-25-23(28(4)15-21-16-29(5)27-22(21)18(2)3)26-13-19-8-7-9-20(12-19)14-30-11-10-24-17-30/h7-12,16-18H,6,13-15H2,1-5H3,(H,25,26). The van der Waals surface area contributed by atoms with Crippen LogP contribution in [0.3, 0.4) is 0 Å². The van der Waals surface area contributed by atoms with Gasteiger partial charge in [0, 0.05) is 57.9 Å². The van der Waals surface area contributed by atoms with E-state index in [1.54, 1.807) is 6.20 Å². The number of aromatic nitrogens is 4. The van der Waals surface area contributed by atoms with Crippen LogP contribution in [0.4, 0.5) is 0 Å². The van der Waals surface area contributed by atoms with Crippen LogP contribution < -0.4 is 5.32 Å². The van der Waals surface area contributed by atoms with E-state index in [1.165, 1.54) is 16.7 Å². The lowest BCUT2D eigenvalue weighted by Crippen LogP contribution is -2.38. The third kappa shape index (κ3) is 5.72. The van der Waals surface area contributed by atoms with Crippen molar-refractivity contribution in [1.82, 2.24) is 29.5 Å². The number of benzene rings is 1. The van der Waals surface area contributed by atoms with Crippen molar-refractivity contribution in [3.63, 3.8) is 0 Å². The van der Waals surface area contributed by atoms with Gasteiger partial charge in [-0.3, -0.25) is 4.68 Å². The molecule has 0 spiro atoms. The first kappa shape index (κ1) is 21.6. The number of rotatable bonds is 8. The molecule has 0 bridgehead atoms. The molecule has 2 heterocycles. The highest BCUT2D eigenvalue weighted by atomic mass is 15.3. The summed E-state index contributed by atoms with van der Waals surface area (Å²) in [6.45, 7) is 9.51. The zero-order valence-electron chi connectivity index (χ0n) is 18.7.